The zero-order valence-corrected chi connectivity index (χ0v) is 17.0. The van der Waals surface area contributed by atoms with Crippen molar-refractivity contribution in [2.75, 3.05) is 26.2 Å². The molecule has 0 saturated carbocycles. The van der Waals surface area contributed by atoms with Crippen molar-refractivity contribution in [1.29, 1.82) is 0 Å². The number of benzene rings is 1. The molecule has 0 aliphatic carbocycles. The highest BCUT2D eigenvalue weighted by Crippen LogP contribution is 2.14. The van der Waals surface area contributed by atoms with E-state index < -0.39 is 0 Å². The Morgan fingerprint density at radius 1 is 1.00 bits per heavy atom. The maximum atomic E-state index is 13.0. The summed E-state index contributed by atoms with van der Waals surface area (Å²) in [5.41, 5.74) is 3.31. The summed E-state index contributed by atoms with van der Waals surface area (Å²) in [5, 5.41) is 7.00. The SMILES string of the molecule is O=C1CN(Cc2ccn[nH]2)C[C@H](OCc2ccncc2)CN1CCc1ccccc1. The van der Waals surface area contributed by atoms with Gasteiger partial charge in [0, 0.05) is 50.5 Å². The van der Waals surface area contributed by atoms with Crippen molar-refractivity contribution in [2.45, 2.75) is 25.7 Å². The number of aromatic nitrogens is 3. The topological polar surface area (TPSA) is 74.3 Å². The van der Waals surface area contributed by atoms with Crippen molar-refractivity contribution in [3.63, 3.8) is 0 Å². The van der Waals surface area contributed by atoms with Gasteiger partial charge >= 0.3 is 0 Å². The zero-order valence-electron chi connectivity index (χ0n) is 17.0. The Bertz CT molecular complexity index is 902. The Hall–Kier alpha value is -3.03. The Labute approximate surface area is 176 Å². The first-order chi connectivity index (χ1) is 14.8. The molecule has 0 bridgehead atoms. The summed E-state index contributed by atoms with van der Waals surface area (Å²) in [5.74, 6) is 0.139. The monoisotopic (exact) mass is 405 g/mol. The van der Waals surface area contributed by atoms with Crippen LogP contribution < -0.4 is 0 Å². The van der Waals surface area contributed by atoms with E-state index in [4.69, 9.17) is 4.74 Å². The molecule has 0 unspecified atom stereocenters. The van der Waals surface area contributed by atoms with E-state index >= 15 is 0 Å². The largest absolute Gasteiger partial charge is 0.370 e. The third-order valence-corrected chi connectivity index (χ3v) is 5.30. The third kappa shape index (κ3) is 5.75. The van der Waals surface area contributed by atoms with Crippen LogP contribution in [0.2, 0.25) is 0 Å². The lowest BCUT2D eigenvalue weighted by molar-refractivity contribution is -0.131. The molecule has 3 aromatic rings. The normalized spacial score (nSPS) is 17.8. The van der Waals surface area contributed by atoms with Crippen LogP contribution in [-0.4, -0.2) is 63.2 Å². The van der Waals surface area contributed by atoms with E-state index in [0.717, 1.165) is 17.7 Å². The maximum Gasteiger partial charge on any atom is 0.236 e. The number of aromatic amines is 1. The molecule has 0 radical (unpaired) electrons. The molecule has 7 nitrogen and oxygen atoms in total. The van der Waals surface area contributed by atoms with Crippen molar-refractivity contribution in [2.24, 2.45) is 0 Å². The minimum Gasteiger partial charge on any atom is -0.370 e. The van der Waals surface area contributed by atoms with Gasteiger partial charge in [-0.3, -0.25) is 19.8 Å². The quantitative estimate of drug-likeness (QED) is 0.622. The van der Waals surface area contributed by atoms with Crippen molar-refractivity contribution in [3.8, 4) is 0 Å². The number of H-pyrrole nitrogens is 1. The molecule has 1 amide bonds. The van der Waals surface area contributed by atoms with Crippen LogP contribution in [0.5, 0.6) is 0 Å². The van der Waals surface area contributed by atoms with E-state index in [1.54, 1.807) is 18.6 Å². The van der Waals surface area contributed by atoms with E-state index in [1.807, 2.05) is 41.3 Å². The van der Waals surface area contributed by atoms with Gasteiger partial charge in [0.1, 0.15) is 0 Å². The minimum absolute atomic E-state index is 0.0664. The van der Waals surface area contributed by atoms with Crippen molar-refractivity contribution in [1.82, 2.24) is 25.0 Å². The van der Waals surface area contributed by atoms with Gasteiger partial charge in [-0.15, -0.1) is 0 Å². The molecule has 1 aromatic carbocycles. The molecule has 1 atom stereocenters. The number of nitrogens with one attached hydrogen (secondary N) is 1. The highest BCUT2D eigenvalue weighted by atomic mass is 16.5. The second-order valence-electron chi connectivity index (χ2n) is 7.62. The molecular weight excluding hydrogens is 378 g/mol. The standard InChI is InChI=1S/C23H27N5O2/c29-23-17-27(14-21-8-12-25-26-21)15-22(30-18-20-6-10-24-11-7-20)16-28(23)13-9-19-4-2-1-3-5-19/h1-8,10-12,22H,9,13-18H2,(H,25,26)/t22-/m0/s1. The van der Waals surface area contributed by atoms with Gasteiger partial charge in [0.25, 0.3) is 0 Å². The predicted octanol–water partition coefficient (Wildman–Crippen LogP) is 2.28. The lowest BCUT2D eigenvalue weighted by atomic mass is 10.1. The summed E-state index contributed by atoms with van der Waals surface area (Å²) < 4.78 is 6.24. The molecule has 1 N–H and O–H groups in total. The fraction of sp³-hybridized carbons (Fsp3) is 0.348. The number of hydrogen-bond donors (Lipinski definition) is 1. The van der Waals surface area contributed by atoms with Gasteiger partial charge < -0.3 is 9.64 Å². The Kier molecular flexibility index (Phi) is 6.84. The van der Waals surface area contributed by atoms with Crippen molar-refractivity contribution < 1.29 is 9.53 Å². The number of ether oxygens (including phenoxy) is 1. The van der Waals surface area contributed by atoms with Crippen LogP contribution in [0.15, 0.2) is 67.1 Å². The lowest BCUT2D eigenvalue weighted by Crippen LogP contribution is -2.39. The molecule has 156 valence electrons. The van der Waals surface area contributed by atoms with Crippen LogP contribution in [-0.2, 0) is 29.1 Å². The summed E-state index contributed by atoms with van der Waals surface area (Å²) >= 11 is 0. The molecule has 7 heteroatoms. The molecule has 2 aromatic heterocycles. The number of pyridine rings is 1. The van der Waals surface area contributed by atoms with E-state index in [2.05, 4.69) is 32.2 Å². The summed E-state index contributed by atoms with van der Waals surface area (Å²) in [6, 6.07) is 16.1. The zero-order chi connectivity index (χ0) is 20.6. The number of rotatable bonds is 8. The van der Waals surface area contributed by atoms with Crippen LogP contribution in [0, 0.1) is 0 Å². The minimum atomic E-state index is -0.0664. The average molecular weight is 406 g/mol. The van der Waals surface area contributed by atoms with Crippen LogP contribution >= 0.6 is 0 Å². The predicted molar refractivity (Wildman–Crippen MR) is 113 cm³/mol. The molecule has 0 spiro atoms. The summed E-state index contributed by atoms with van der Waals surface area (Å²) in [6.07, 6.45) is 6.05. The van der Waals surface area contributed by atoms with Crippen molar-refractivity contribution in [3.05, 3.63) is 83.9 Å². The second kappa shape index (κ2) is 10.1. The van der Waals surface area contributed by atoms with Gasteiger partial charge in [-0.2, -0.15) is 5.10 Å². The van der Waals surface area contributed by atoms with Crippen LogP contribution in [0.25, 0.3) is 0 Å². The van der Waals surface area contributed by atoms with E-state index in [9.17, 15) is 4.79 Å². The number of amides is 1. The smallest absolute Gasteiger partial charge is 0.236 e. The molecule has 30 heavy (non-hydrogen) atoms. The molecular formula is C23H27N5O2. The number of nitrogens with zero attached hydrogens (tertiary/aromatic N) is 4. The fourth-order valence-electron chi connectivity index (χ4n) is 3.71. The average Bonchev–Trinajstić information content (AvgIpc) is 3.23. The van der Waals surface area contributed by atoms with E-state index in [1.165, 1.54) is 5.56 Å². The summed E-state index contributed by atoms with van der Waals surface area (Å²) in [7, 11) is 0. The maximum absolute atomic E-state index is 13.0. The van der Waals surface area contributed by atoms with Gasteiger partial charge in [-0.1, -0.05) is 30.3 Å². The highest BCUT2D eigenvalue weighted by molar-refractivity contribution is 5.78. The second-order valence-corrected chi connectivity index (χ2v) is 7.62. The first-order valence-electron chi connectivity index (χ1n) is 10.3. The fourth-order valence-corrected chi connectivity index (χ4v) is 3.71. The highest BCUT2D eigenvalue weighted by Gasteiger charge is 2.28. The van der Waals surface area contributed by atoms with E-state index in [-0.39, 0.29) is 12.0 Å². The Balaban J connectivity index is 1.43. The number of carbonyl (C=O) groups excluding carboxylic acids is 1. The number of hydrogen-bond acceptors (Lipinski definition) is 5. The first-order valence-corrected chi connectivity index (χ1v) is 10.3. The van der Waals surface area contributed by atoms with Crippen LogP contribution in [0.3, 0.4) is 0 Å². The van der Waals surface area contributed by atoms with Gasteiger partial charge in [0.05, 0.1) is 19.3 Å². The van der Waals surface area contributed by atoms with Crippen LogP contribution in [0.4, 0.5) is 0 Å². The number of carbonyl (C=O) groups is 1. The van der Waals surface area contributed by atoms with Gasteiger partial charge in [-0.25, -0.2) is 0 Å². The van der Waals surface area contributed by atoms with E-state index in [0.29, 0.717) is 39.3 Å². The van der Waals surface area contributed by atoms with Crippen molar-refractivity contribution >= 4 is 5.91 Å². The van der Waals surface area contributed by atoms with Crippen LogP contribution in [0.1, 0.15) is 16.8 Å². The lowest BCUT2D eigenvalue weighted by Gasteiger charge is -2.25. The summed E-state index contributed by atoms with van der Waals surface area (Å²) in [6.45, 7) is 3.51. The van der Waals surface area contributed by atoms with Gasteiger partial charge in [0.15, 0.2) is 0 Å². The first kappa shape index (κ1) is 20.3. The van der Waals surface area contributed by atoms with Gasteiger partial charge in [0.2, 0.25) is 5.91 Å². The molecule has 3 heterocycles. The Morgan fingerprint density at radius 2 is 1.83 bits per heavy atom. The Morgan fingerprint density at radius 3 is 2.60 bits per heavy atom. The van der Waals surface area contributed by atoms with Gasteiger partial charge in [-0.05, 0) is 35.7 Å². The molecule has 1 fully saturated rings. The molecule has 4 rings (SSSR count). The molecule has 1 aliphatic rings. The molecule has 1 saturated heterocycles. The third-order valence-electron chi connectivity index (χ3n) is 5.30. The molecule has 1 aliphatic heterocycles. The summed E-state index contributed by atoms with van der Waals surface area (Å²) in [4.78, 5) is 21.1.